The van der Waals surface area contributed by atoms with Crippen molar-refractivity contribution in [3.05, 3.63) is 62.1 Å². The first-order chi connectivity index (χ1) is 13.1. The zero-order valence-electron chi connectivity index (χ0n) is 17.2. The molecule has 0 aliphatic heterocycles. The minimum Gasteiger partial charge on any atom is -0.280 e. The van der Waals surface area contributed by atoms with Gasteiger partial charge in [0.1, 0.15) is 16.2 Å². The maximum Gasteiger partial charge on any atom is 0.332 e. The summed E-state index contributed by atoms with van der Waals surface area (Å²) in [6, 6.07) is 8.30. The normalized spacial score (nSPS) is 11.9. The zero-order valence-corrected chi connectivity index (χ0v) is 18.1. The lowest BCUT2D eigenvalue weighted by Crippen LogP contribution is -2.38. The molecule has 7 heteroatoms. The fraction of sp³-hybridized carbons (Fsp3) is 0.429. The van der Waals surface area contributed by atoms with Crippen molar-refractivity contribution in [2.45, 2.75) is 44.9 Å². The van der Waals surface area contributed by atoms with Crippen LogP contribution >= 0.6 is 11.8 Å². The number of rotatable bonds is 4. The summed E-state index contributed by atoms with van der Waals surface area (Å²) in [5, 5.41) is 1.03. The number of aryl methyl sites for hydroxylation is 2. The Morgan fingerprint density at radius 1 is 1.00 bits per heavy atom. The predicted octanol–water partition coefficient (Wildman–Crippen LogP) is 3.22. The van der Waals surface area contributed by atoms with Gasteiger partial charge in [0.2, 0.25) is 0 Å². The Morgan fingerprint density at radius 2 is 1.64 bits per heavy atom. The van der Waals surface area contributed by atoms with E-state index >= 15 is 0 Å². The zero-order chi connectivity index (χ0) is 20.6. The van der Waals surface area contributed by atoms with Gasteiger partial charge in [0, 0.05) is 26.3 Å². The standard InChI is InChI=1S/C21H26N4O2S/c1-13-7-9-14(10-8-13)12-28-18-16-17(22-15(23-18)11-21(2,3)4)24(5)20(27)25(6)19(16)26/h7-10H,11-12H2,1-6H3. The van der Waals surface area contributed by atoms with Gasteiger partial charge in [-0.15, -0.1) is 11.8 Å². The average Bonchev–Trinajstić information content (AvgIpc) is 2.62. The summed E-state index contributed by atoms with van der Waals surface area (Å²) in [5.74, 6) is 1.34. The van der Waals surface area contributed by atoms with Crippen LogP contribution in [0.1, 0.15) is 37.7 Å². The first-order valence-corrected chi connectivity index (χ1v) is 10.2. The molecular weight excluding hydrogens is 372 g/mol. The Bertz CT molecular complexity index is 1140. The van der Waals surface area contributed by atoms with Gasteiger partial charge in [0.15, 0.2) is 5.65 Å². The Morgan fingerprint density at radius 3 is 2.25 bits per heavy atom. The predicted molar refractivity (Wildman–Crippen MR) is 114 cm³/mol. The first kappa shape index (κ1) is 20.3. The number of fused-ring (bicyclic) bond motifs is 1. The van der Waals surface area contributed by atoms with Crippen molar-refractivity contribution in [3.63, 3.8) is 0 Å². The van der Waals surface area contributed by atoms with Crippen LogP contribution in [-0.2, 0) is 26.3 Å². The van der Waals surface area contributed by atoms with Crippen LogP contribution in [0.2, 0.25) is 0 Å². The average molecular weight is 399 g/mol. The highest BCUT2D eigenvalue weighted by Crippen LogP contribution is 2.27. The van der Waals surface area contributed by atoms with Gasteiger partial charge in [0.05, 0.1) is 0 Å². The molecule has 2 aromatic heterocycles. The summed E-state index contributed by atoms with van der Waals surface area (Å²) in [5.41, 5.74) is 2.01. The summed E-state index contributed by atoms with van der Waals surface area (Å²) in [4.78, 5) is 34.5. The van der Waals surface area contributed by atoms with Gasteiger partial charge in [0.25, 0.3) is 5.56 Å². The van der Waals surface area contributed by atoms with Gasteiger partial charge >= 0.3 is 5.69 Å². The molecule has 0 unspecified atom stereocenters. The quantitative estimate of drug-likeness (QED) is 0.499. The molecule has 148 valence electrons. The molecule has 0 atom stereocenters. The van der Waals surface area contributed by atoms with E-state index in [9.17, 15) is 9.59 Å². The van der Waals surface area contributed by atoms with E-state index in [1.54, 1.807) is 7.05 Å². The van der Waals surface area contributed by atoms with Crippen LogP contribution in [0.5, 0.6) is 0 Å². The highest BCUT2D eigenvalue weighted by atomic mass is 32.2. The van der Waals surface area contributed by atoms with Gasteiger partial charge in [-0.3, -0.25) is 13.9 Å². The lowest BCUT2D eigenvalue weighted by Gasteiger charge is -2.18. The van der Waals surface area contributed by atoms with Crippen LogP contribution in [0, 0.1) is 12.3 Å². The van der Waals surface area contributed by atoms with Crippen molar-refractivity contribution < 1.29 is 0 Å². The SMILES string of the molecule is Cc1ccc(CSc2nc(CC(C)(C)C)nc3c2c(=O)n(C)c(=O)n3C)cc1. The summed E-state index contributed by atoms with van der Waals surface area (Å²) < 4.78 is 2.55. The minimum atomic E-state index is -0.382. The lowest BCUT2D eigenvalue weighted by atomic mass is 9.92. The lowest BCUT2D eigenvalue weighted by molar-refractivity contribution is 0.399. The Kier molecular flexibility index (Phi) is 5.48. The van der Waals surface area contributed by atoms with E-state index in [1.807, 2.05) is 0 Å². The Labute approximate surface area is 168 Å². The van der Waals surface area contributed by atoms with Crippen molar-refractivity contribution >= 4 is 22.8 Å². The third kappa shape index (κ3) is 4.19. The number of nitrogens with zero attached hydrogens (tertiary/aromatic N) is 4. The second-order valence-electron chi connectivity index (χ2n) is 8.36. The molecule has 0 radical (unpaired) electrons. The van der Waals surface area contributed by atoms with E-state index in [-0.39, 0.29) is 16.7 Å². The smallest absolute Gasteiger partial charge is 0.280 e. The largest absolute Gasteiger partial charge is 0.332 e. The van der Waals surface area contributed by atoms with Crippen LogP contribution in [0.25, 0.3) is 11.0 Å². The molecule has 1 aromatic carbocycles. The van der Waals surface area contributed by atoms with Gasteiger partial charge in [-0.05, 0) is 17.9 Å². The molecule has 2 heterocycles. The van der Waals surface area contributed by atoms with Crippen LogP contribution in [0.3, 0.4) is 0 Å². The van der Waals surface area contributed by atoms with E-state index < -0.39 is 0 Å². The van der Waals surface area contributed by atoms with Crippen molar-refractivity contribution in [3.8, 4) is 0 Å². The molecule has 0 saturated heterocycles. The number of hydrogen-bond donors (Lipinski definition) is 0. The first-order valence-electron chi connectivity index (χ1n) is 9.22. The summed E-state index contributed by atoms with van der Waals surface area (Å²) in [7, 11) is 3.13. The van der Waals surface area contributed by atoms with Crippen LogP contribution in [0.15, 0.2) is 38.9 Å². The summed E-state index contributed by atoms with van der Waals surface area (Å²) in [6.07, 6.45) is 0.657. The molecule has 0 aliphatic rings. The van der Waals surface area contributed by atoms with E-state index in [0.717, 1.165) is 10.1 Å². The molecular formula is C21H26N4O2S. The second kappa shape index (κ2) is 7.54. The fourth-order valence-corrected chi connectivity index (χ4v) is 3.95. The summed E-state index contributed by atoms with van der Waals surface area (Å²) in [6.45, 7) is 8.39. The highest BCUT2D eigenvalue weighted by molar-refractivity contribution is 7.98. The molecule has 3 rings (SSSR count). The molecule has 0 bridgehead atoms. The molecule has 0 amide bonds. The number of thioether (sulfide) groups is 1. The van der Waals surface area contributed by atoms with Gasteiger partial charge in [-0.25, -0.2) is 14.8 Å². The van der Waals surface area contributed by atoms with Crippen molar-refractivity contribution in [2.75, 3.05) is 0 Å². The maximum absolute atomic E-state index is 12.8. The highest BCUT2D eigenvalue weighted by Gasteiger charge is 2.20. The van der Waals surface area contributed by atoms with Crippen molar-refractivity contribution in [1.82, 2.24) is 19.1 Å². The van der Waals surface area contributed by atoms with Gasteiger partial charge in [-0.1, -0.05) is 50.6 Å². The molecule has 0 fully saturated rings. The fourth-order valence-electron chi connectivity index (χ4n) is 2.97. The van der Waals surface area contributed by atoms with Crippen molar-refractivity contribution in [1.29, 1.82) is 0 Å². The monoisotopic (exact) mass is 398 g/mol. The van der Waals surface area contributed by atoms with Crippen LogP contribution in [-0.4, -0.2) is 19.1 Å². The molecule has 6 nitrogen and oxygen atoms in total. The molecule has 0 saturated carbocycles. The second-order valence-corrected chi connectivity index (χ2v) is 9.33. The summed E-state index contributed by atoms with van der Waals surface area (Å²) >= 11 is 1.51. The third-order valence-corrected chi connectivity index (χ3v) is 5.54. The van der Waals surface area contributed by atoms with E-state index in [1.165, 1.54) is 28.9 Å². The Hall–Kier alpha value is -2.41. The number of aromatic nitrogens is 4. The molecule has 28 heavy (non-hydrogen) atoms. The maximum atomic E-state index is 12.8. The van der Waals surface area contributed by atoms with E-state index in [4.69, 9.17) is 4.98 Å². The number of benzene rings is 1. The topological polar surface area (TPSA) is 69.8 Å². The van der Waals surface area contributed by atoms with Gasteiger partial charge in [-0.2, -0.15) is 0 Å². The third-order valence-electron chi connectivity index (χ3n) is 4.50. The number of hydrogen-bond acceptors (Lipinski definition) is 5. The van der Waals surface area contributed by atoms with E-state index in [0.29, 0.717) is 34.1 Å². The molecule has 0 spiro atoms. The molecule has 0 N–H and O–H groups in total. The minimum absolute atomic E-state index is 0.00875. The Balaban J connectivity index is 2.15. The van der Waals surface area contributed by atoms with E-state index in [2.05, 4.69) is 56.9 Å². The molecule has 3 aromatic rings. The van der Waals surface area contributed by atoms with Crippen LogP contribution < -0.4 is 11.2 Å². The molecule has 0 aliphatic carbocycles. The van der Waals surface area contributed by atoms with Crippen molar-refractivity contribution in [2.24, 2.45) is 19.5 Å². The van der Waals surface area contributed by atoms with Gasteiger partial charge < -0.3 is 0 Å². The van der Waals surface area contributed by atoms with Crippen LogP contribution in [0.4, 0.5) is 0 Å².